The average molecular weight is 354 g/mol. The van der Waals surface area contributed by atoms with Gasteiger partial charge < -0.3 is 0 Å². The van der Waals surface area contributed by atoms with Crippen molar-refractivity contribution in [3.05, 3.63) is 44.5 Å². The maximum atomic E-state index is 12.3. The van der Waals surface area contributed by atoms with Crippen LogP contribution in [0.3, 0.4) is 0 Å². The van der Waals surface area contributed by atoms with Gasteiger partial charge in [0.05, 0.1) is 0 Å². The number of allylic oxidation sites excluding steroid dienone is 2. The van der Waals surface area contributed by atoms with E-state index in [2.05, 4.69) is 36.4 Å². The third-order valence-corrected chi connectivity index (χ3v) is 4.58. The molecule has 0 spiro atoms. The Kier molecular flexibility index (Phi) is 4.60. The van der Waals surface area contributed by atoms with E-state index in [0.29, 0.717) is 0 Å². The molecule has 0 saturated heterocycles. The lowest BCUT2D eigenvalue weighted by atomic mass is 9.93. The van der Waals surface area contributed by atoms with E-state index < -0.39 is 0 Å². The van der Waals surface area contributed by atoms with Crippen molar-refractivity contribution in [2.24, 2.45) is 5.92 Å². The molecular weight excluding hydrogens is 335 g/mol. The average Bonchev–Trinajstić information content (AvgIpc) is 3.19. The van der Waals surface area contributed by atoms with Gasteiger partial charge in [0.1, 0.15) is 0 Å². The normalized spacial score (nSPS) is 15.4. The predicted octanol–water partition coefficient (Wildman–Crippen LogP) is 5.00. The molecular formula is C16H19IO. The Bertz CT molecular complexity index is 482. The van der Waals surface area contributed by atoms with Crippen LogP contribution in [0.4, 0.5) is 0 Å². The maximum absolute atomic E-state index is 12.3. The molecule has 0 aromatic heterocycles. The lowest BCUT2D eigenvalue weighted by Crippen LogP contribution is -2.12. The number of benzene rings is 1. The van der Waals surface area contributed by atoms with Gasteiger partial charge in [-0.2, -0.15) is 0 Å². The molecule has 96 valence electrons. The fraction of sp³-hybridized carbons (Fsp3) is 0.438. The molecule has 1 aliphatic rings. The minimum Gasteiger partial charge on any atom is -0.294 e. The van der Waals surface area contributed by atoms with Crippen LogP contribution in [0.25, 0.3) is 0 Å². The summed E-state index contributed by atoms with van der Waals surface area (Å²) in [5.41, 5.74) is 4.00. The molecule has 1 saturated carbocycles. The molecule has 0 bridgehead atoms. The number of rotatable bonds is 5. The molecule has 2 heteroatoms. The molecule has 0 N–H and O–H groups in total. The van der Waals surface area contributed by atoms with Crippen LogP contribution in [-0.2, 0) is 0 Å². The zero-order valence-electron chi connectivity index (χ0n) is 11.0. The SMILES string of the molecule is CC(CCC(C)C(=O)c1ccccc1I)=C1CC1. The molecule has 0 heterocycles. The molecule has 1 fully saturated rings. The van der Waals surface area contributed by atoms with Crippen LogP contribution in [0.5, 0.6) is 0 Å². The molecule has 0 amide bonds. The Hall–Kier alpha value is -0.640. The fourth-order valence-electron chi connectivity index (χ4n) is 2.16. The highest BCUT2D eigenvalue weighted by atomic mass is 127. The standard InChI is InChI=1S/C16H19IO/c1-11(13-9-10-13)7-8-12(2)16(18)14-5-3-4-6-15(14)17/h3-6,12H,7-10H2,1-2H3. The van der Waals surface area contributed by atoms with Crippen LogP contribution in [0.1, 0.15) is 49.9 Å². The van der Waals surface area contributed by atoms with Gasteiger partial charge in [0, 0.05) is 15.1 Å². The number of hydrogen-bond acceptors (Lipinski definition) is 1. The van der Waals surface area contributed by atoms with E-state index in [0.717, 1.165) is 22.0 Å². The quantitative estimate of drug-likeness (QED) is 0.413. The van der Waals surface area contributed by atoms with Gasteiger partial charge in [-0.1, -0.05) is 36.3 Å². The van der Waals surface area contributed by atoms with Crippen LogP contribution in [0.2, 0.25) is 0 Å². The highest BCUT2D eigenvalue weighted by Gasteiger charge is 2.19. The van der Waals surface area contributed by atoms with Crippen molar-refractivity contribution >= 4 is 28.4 Å². The molecule has 1 atom stereocenters. The van der Waals surface area contributed by atoms with Crippen LogP contribution in [0.15, 0.2) is 35.4 Å². The first kappa shape index (κ1) is 13.8. The predicted molar refractivity (Wildman–Crippen MR) is 83.8 cm³/mol. The maximum Gasteiger partial charge on any atom is 0.166 e. The first-order valence-electron chi connectivity index (χ1n) is 6.56. The monoisotopic (exact) mass is 354 g/mol. The summed E-state index contributed by atoms with van der Waals surface area (Å²) in [5.74, 6) is 0.406. The number of Topliss-reactive ketones (excluding diaryl/α,β-unsaturated/α-hetero) is 1. The molecule has 1 nitrogen and oxygen atoms in total. The van der Waals surface area contributed by atoms with Crippen molar-refractivity contribution in [2.45, 2.75) is 39.5 Å². The van der Waals surface area contributed by atoms with E-state index in [-0.39, 0.29) is 11.7 Å². The Morgan fingerprint density at radius 3 is 2.61 bits per heavy atom. The van der Waals surface area contributed by atoms with Gasteiger partial charge >= 0.3 is 0 Å². The number of carbonyl (C=O) groups excluding carboxylic acids is 1. The Morgan fingerprint density at radius 2 is 2.00 bits per heavy atom. The molecule has 1 aromatic carbocycles. The summed E-state index contributed by atoms with van der Waals surface area (Å²) in [6.07, 6.45) is 4.61. The minimum atomic E-state index is 0.121. The summed E-state index contributed by atoms with van der Waals surface area (Å²) >= 11 is 2.24. The van der Waals surface area contributed by atoms with Crippen molar-refractivity contribution < 1.29 is 4.79 Å². The van der Waals surface area contributed by atoms with Crippen LogP contribution >= 0.6 is 22.6 Å². The van der Waals surface area contributed by atoms with E-state index in [1.165, 1.54) is 18.4 Å². The van der Waals surface area contributed by atoms with E-state index in [1.807, 2.05) is 24.3 Å². The number of hydrogen-bond donors (Lipinski definition) is 0. The van der Waals surface area contributed by atoms with E-state index in [1.54, 1.807) is 5.57 Å². The zero-order valence-corrected chi connectivity index (χ0v) is 13.2. The van der Waals surface area contributed by atoms with Gasteiger partial charge in [-0.15, -0.1) is 0 Å². The molecule has 1 aromatic rings. The van der Waals surface area contributed by atoms with Gasteiger partial charge in [-0.05, 0) is 61.3 Å². The van der Waals surface area contributed by atoms with Crippen LogP contribution in [0, 0.1) is 9.49 Å². The molecule has 2 rings (SSSR count). The van der Waals surface area contributed by atoms with Crippen molar-refractivity contribution in [2.75, 3.05) is 0 Å². The topological polar surface area (TPSA) is 17.1 Å². The summed E-state index contributed by atoms with van der Waals surface area (Å²) in [6, 6.07) is 7.86. The van der Waals surface area contributed by atoms with E-state index >= 15 is 0 Å². The van der Waals surface area contributed by atoms with Crippen LogP contribution in [-0.4, -0.2) is 5.78 Å². The second-order valence-electron chi connectivity index (χ2n) is 5.17. The third-order valence-electron chi connectivity index (χ3n) is 3.64. The smallest absolute Gasteiger partial charge is 0.166 e. The Labute approximate surface area is 123 Å². The minimum absolute atomic E-state index is 0.121. The summed E-state index contributed by atoms with van der Waals surface area (Å²) in [4.78, 5) is 12.3. The van der Waals surface area contributed by atoms with Crippen molar-refractivity contribution in [1.82, 2.24) is 0 Å². The third kappa shape index (κ3) is 3.44. The van der Waals surface area contributed by atoms with Crippen LogP contribution < -0.4 is 0 Å². The zero-order chi connectivity index (χ0) is 13.1. The molecule has 0 aliphatic heterocycles. The van der Waals surface area contributed by atoms with Gasteiger partial charge in [0.2, 0.25) is 0 Å². The largest absolute Gasteiger partial charge is 0.294 e. The van der Waals surface area contributed by atoms with E-state index in [9.17, 15) is 4.79 Å². The van der Waals surface area contributed by atoms with Crippen molar-refractivity contribution in [3.8, 4) is 0 Å². The highest BCUT2D eigenvalue weighted by molar-refractivity contribution is 14.1. The fourth-order valence-corrected chi connectivity index (χ4v) is 2.81. The summed E-state index contributed by atoms with van der Waals surface area (Å²) in [7, 11) is 0. The van der Waals surface area contributed by atoms with Gasteiger partial charge in [-0.25, -0.2) is 0 Å². The second-order valence-corrected chi connectivity index (χ2v) is 6.33. The number of halogens is 1. The van der Waals surface area contributed by atoms with Gasteiger partial charge in [-0.3, -0.25) is 4.79 Å². The second kappa shape index (κ2) is 6.00. The lowest BCUT2D eigenvalue weighted by Gasteiger charge is -2.11. The first-order chi connectivity index (χ1) is 8.59. The Balaban J connectivity index is 1.96. The molecule has 1 unspecified atom stereocenters. The molecule has 18 heavy (non-hydrogen) atoms. The highest BCUT2D eigenvalue weighted by Crippen LogP contribution is 2.33. The van der Waals surface area contributed by atoms with Gasteiger partial charge in [0.25, 0.3) is 0 Å². The number of carbonyl (C=O) groups is 1. The molecule has 0 radical (unpaired) electrons. The van der Waals surface area contributed by atoms with E-state index in [4.69, 9.17) is 0 Å². The summed E-state index contributed by atoms with van der Waals surface area (Å²) in [6.45, 7) is 4.27. The lowest BCUT2D eigenvalue weighted by molar-refractivity contribution is 0.0923. The van der Waals surface area contributed by atoms with Crippen molar-refractivity contribution in [1.29, 1.82) is 0 Å². The molecule has 1 aliphatic carbocycles. The van der Waals surface area contributed by atoms with Gasteiger partial charge in [0.15, 0.2) is 5.78 Å². The summed E-state index contributed by atoms with van der Waals surface area (Å²) < 4.78 is 1.06. The Morgan fingerprint density at radius 1 is 1.33 bits per heavy atom. The van der Waals surface area contributed by atoms with Crippen molar-refractivity contribution in [3.63, 3.8) is 0 Å². The number of ketones is 1. The summed E-state index contributed by atoms with van der Waals surface area (Å²) in [5, 5.41) is 0. The first-order valence-corrected chi connectivity index (χ1v) is 7.63.